The normalized spacial score (nSPS) is 14.9. The number of H-pyrrole nitrogens is 1. The van der Waals surface area contributed by atoms with Crippen LogP contribution < -0.4 is 21.3 Å². The summed E-state index contributed by atoms with van der Waals surface area (Å²) in [4.78, 5) is 63.1. The Morgan fingerprint density at radius 3 is 2.32 bits per heavy atom. The number of ether oxygens (including phenoxy) is 3. The molecule has 63 heavy (non-hydrogen) atoms. The van der Waals surface area contributed by atoms with Gasteiger partial charge < -0.3 is 50.2 Å². The van der Waals surface area contributed by atoms with Crippen LogP contribution in [0.5, 0.6) is 0 Å². The molecule has 2 saturated heterocycles. The molecule has 0 saturated carbocycles. The first kappa shape index (κ1) is 51.5. The molecule has 2 aromatic carbocycles. The molecule has 2 aliphatic rings. The first-order chi connectivity index (χ1) is 30.5. The molecule has 2 aliphatic heterocycles. The first-order valence-corrected chi connectivity index (χ1v) is 22.0. The number of likely N-dealkylation sites (tertiary alicyclic amines) is 1. The molecule has 16 nitrogen and oxygen atoms in total. The van der Waals surface area contributed by atoms with Crippen molar-refractivity contribution in [3.63, 3.8) is 0 Å². The molecule has 2 unspecified atom stereocenters. The van der Waals surface area contributed by atoms with Gasteiger partial charge in [-0.15, -0.1) is 0 Å². The van der Waals surface area contributed by atoms with Gasteiger partial charge in [0.25, 0.3) is 0 Å². The van der Waals surface area contributed by atoms with Gasteiger partial charge in [-0.2, -0.15) is 0 Å². The summed E-state index contributed by atoms with van der Waals surface area (Å²) in [5.41, 5.74) is 6.69. The average Bonchev–Trinajstić information content (AvgIpc) is 3.98. The summed E-state index contributed by atoms with van der Waals surface area (Å²) in [6, 6.07) is 16.8. The Bertz CT molecular complexity index is 2010. The number of aliphatic imine (C=N–C) groups is 1. The van der Waals surface area contributed by atoms with Gasteiger partial charge in [0.05, 0.1) is 61.3 Å². The molecule has 6 rings (SSSR count). The first-order valence-electron chi connectivity index (χ1n) is 22.0. The number of hydrogen-bond donors (Lipinski definition) is 5. The van der Waals surface area contributed by atoms with Crippen molar-refractivity contribution in [2.75, 3.05) is 66.0 Å². The van der Waals surface area contributed by atoms with Gasteiger partial charge in [0.2, 0.25) is 5.91 Å². The Balaban J connectivity index is 0.000000462. The zero-order valence-electron chi connectivity index (χ0n) is 38.3. The Morgan fingerprint density at radius 1 is 0.968 bits per heavy atom. The van der Waals surface area contributed by atoms with Gasteiger partial charge in [0.1, 0.15) is 12.1 Å². The van der Waals surface area contributed by atoms with Crippen molar-refractivity contribution in [2.45, 2.75) is 91.1 Å². The van der Waals surface area contributed by atoms with E-state index in [1.165, 1.54) is 46.3 Å². The molecule has 0 aliphatic carbocycles. The van der Waals surface area contributed by atoms with Crippen LogP contribution in [0, 0.1) is 5.92 Å². The third-order valence-electron chi connectivity index (χ3n) is 10.4. The van der Waals surface area contributed by atoms with Crippen LogP contribution >= 0.6 is 0 Å². The molecule has 4 aromatic rings. The molecule has 344 valence electrons. The third kappa shape index (κ3) is 17.8. The van der Waals surface area contributed by atoms with Gasteiger partial charge in [-0.25, -0.2) is 19.6 Å². The van der Waals surface area contributed by atoms with E-state index < -0.39 is 18.2 Å². The Labute approximate surface area is 372 Å². The SMILES string of the molecule is C1CCOCC1.C=Nc1ccc(-c2ccc3nc(-c4cnc(CCCCNC(=O)CNC(=O)OC)[nH]4)ccc3c2)cc1NCC1CCCN1C.CC.COC(=O)NC(C=O)C(C)C. The predicted octanol–water partition coefficient (Wildman–Crippen LogP) is 7.70. The maximum Gasteiger partial charge on any atom is 0.407 e. The number of nitrogens with one attached hydrogen (secondary N) is 5. The zero-order valence-corrected chi connectivity index (χ0v) is 38.3. The molecule has 2 aromatic heterocycles. The highest BCUT2D eigenvalue weighted by Gasteiger charge is 2.21. The molecular weight excluding hydrogens is 803 g/mol. The van der Waals surface area contributed by atoms with E-state index in [9.17, 15) is 19.2 Å². The third-order valence-corrected chi connectivity index (χ3v) is 10.4. The molecule has 0 radical (unpaired) electrons. The number of methoxy groups -OCH3 is 2. The minimum absolute atomic E-state index is 0.0894. The van der Waals surface area contributed by atoms with Gasteiger partial charge in [-0.3, -0.25) is 9.79 Å². The summed E-state index contributed by atoms with van der Waals surface area (Å²) in [6.45, 7) is 15.9. The lowest BCUT2D eigenvalue weighted by atomic mass is 10.0. The molecule has 5 N–H and O–H groups in total. The molecule has 0 spiro atoms. The minimum atomic E-state index is -0.628. The highest BCUT2D eigenvalue weighted by Crippen LogP contribution is 2.33. The second kappa shape index (κ2) is 28.7. The number of nitrogens with zero attached hydrogens (tertiary/aromatic N) is 4. The number of unbranched alkanes of at least 4 members (excludes halogenated alkanes) is 1. The maximum atomic E-state index is 11.7. The molecule has 2 fully saturated rings. The lowest BCUT2D eigenvalue weighted by Gasteiger charge is -2.21. The van der Waals surface area contributed by atoms with Crippen molar-refractivity contribution < 1.29 is 33.4 Å². The fourth-order valence-electron chi connectivity index (χ4n) is 6.71. The largest absolute Gasteiger partial charge is 0.453 e. The van der Waals surface area contributed by atoms with E-state index in [4.69, 9.17) is 9.72 Å². The van der Waals surface area contributed by atoms with Crippen LogP contribution in [-0.2, 0) is 30.2 Å². The van der Waals surface area contributed by atoms with Crippen LogP contribution in [0.2, 0.25) is 0 Å². The van der Waals surface area contributed by atoms with Crippen LogP contribution in [0.25, 0.3) is 33.4 Å². The summed E-state index contributed by atoms with van der Waals surface area (Å²) in [5, 5.41) is 12.2. The topological polar surface area (TPSA) is 201 Å². The Hall–Kier alpha value is -5.87. The number of fused-ring (bicyclic) bond motifs is 1. The van der Waals surface area contributed by atoms with E-state index >= 15 is 0 Å². The number of amides is 3. The van der Waals surface area contributed by atoms with Crippen molar-refractivity contribution in [3.05, 3.63) is 60.6 Å². The minimum Gasteiger partial charge on any atom is -0.453 e. The fraction of sp³-hybridized carbons (Fsp3) is 0.511. The summed E-state index contributed by atoms with van der Waals surface area (Å²) in [7, 11) is 4.70. The number of likely N-dealkylation sites (N-methyl/N-ethyl adjacent to an activating group) is 1. The fourth-order valence-corrected chi connectivity index (χ4v) is 6.71. The smallest absolute Gasteiger partial charge is 0.407 e. The molecular formula is C47H69N9O7. The standard InChI is InChI=1S/C33H40N8O3.C7H13NO3.C5H10O.C2H6/c1-34-27-13-10-23(18-29(27)36-19-25-7-6-16-41(25)2)22-9-12-26-24(17-22)11-14-28(39-26)30-20-37-31(40-30)8-4-5-15-35-32(42)21-38-33(43)44-3;1-5(2)6(4-9)8-7(10)11-3;1-2-4-6-5-3-1;1-2/h9-14,17-18,20,25,36H,1,4-8,15-16,19,21H2,2-3H3,(H,35,42)(H,37,40)(H,38,43);4-6H,1-3H3,(H,8,10);1-5H2;1-2H3. The van der Waals surface area contributed by atoms with Crippen molar-refractivity contribution in [2.24, 2.45) is 10.9 Å². The van der Waals surface area contributed by atoms with E-state index in [0.29, 0.717) is 18.9 Å². The lowest BCUT2D eigenvalue weighted by molar-refractivity contribution is -0.120. The number of rotatable bonds is 16. The predicted molar refractivity (Wildman–Crippen MR) is 251 cm³/mol. The van der Waals surface area contributed by atoms with E-state index in [1.807, 2.05) is 46.0 Å². The number of anilines is 1. The quantitative estimate of drug-likeness (QED) is 0.0420. The Kier molecular flexibility index (Phi) is 23.4. The average molecular weight is 872 g/mol. The molecule has 0 bridgehead atoms. The van der Waals surface area contributed by atoms with Gasteiger partial charge in [-0.1, -0.05) is 45.9 Å². The van der Waals surface area contributed by atoms with Gasteiger partial charge in [0, 0.05) is 44.2 Å². The van der Waals surface area contributed by atoms with Gasteiger partial charge in [0.15, 0.2) is 0 Å². The van der Waals surface area contributed by atoms with Gasteiger partial charge >= 0.3 is 12.2 Å². The van der Waals surface area contributed by atoms with Crippen molar-refractivity contribution in [3.8, 4) is 22.5 Å². The van der Waals surface area contributed by atoms with Crippen LogP contribution in [0.4, 0.5) is 21.0 Å². The highest BCUT2D eigenvalue weighted by molar-refractivity contribution is 5.87. The van der Waals surface area contributed by atoms with Crippen LogP contribution in [-0.4, -0.2) is 124 Å². The van der Waals surface area contributed by atoms with Crippen LogP contribution in [0.15, 0.2) is 59.7 Å². The van der Waals surface area contributed by atoms with E-state index in [1.54, 1.807) is 0 Å². The van der Waals surface area contributed by atoms with Crippen LogP contribution in [0.3, 0.4) is 0 Å². The number of pyridine rings is 1. The molecule has 16 heteroatoms. The number of imidazole rings is 1. The lowest BCUT2D eigenvalue weighted by Crippen LogP contribution is -2.39. The van der Waals surface area contributed by atoms with Gasteiger partial charge in [-0.05, 0) is 113 Å². The number of benzene rings is 2. The van der Waals surface area contributed by atoms with E-state index in [-0.39, 0.29) is 18.4 Å². The number of alkyl carbamates (subject to hydrolysis) is 2. The number of aryl methyl sites for hydroxylation is 1. The van der Waals surface area contributed by atoms with Crippen molar-refractivity contribution in [1.29, 1.82) is 0 Å². The number of aromatic nitrogens is 3. The maximum absolute atomic E-state index is 11.7. The highest BCUT2D eigenvalue weighted by atomic mass is 16.5. The Morgan fingerprint density at radius 2 is 1.70 bits per heavy atom. The second-order valence-electron chi connectivity index (χ2n) is 15.3. The number of carbonyl (C=O) groups excluding carboxylic acids is 4. The van der Waals surface area contributed by atoms with Crippen molar-refractivity contribution in [1.82, 2.24) is 35.8 Å². The number of aromatic amines is 1. The van der Waals surface area contributed by atoms with E-state index in [0.717, 1.165) is 96.2 Å². The molecule has 4 heterocycles. The van der Waals surface area contributed by atoms with E-state index in [2.05, 4.69) is 101 Å². The zero-order chi connectivity index (χ0) is 46.0. The monoisotopic (exact) mass is 872 g/mol. The number of hydrogen-bond acceptors (Lipinski definition) is 12. The number of aldehydes is 1. The summed E-state index contributed by atoms with van der Waals surface area (Å²) >= 11 is 0. The van der Waals surface area contributed by atoms with Crippen molar-refractivity contribution >= 4 is 53.4 Å². The van der Waals surface area contributed by atoms with Crippen LogP contribution in [0.1, 0.15) is 78.5 Å². The molecule has 2 atom stereocenters. The summed E-state index contributed by atoms with van der Waals surface area (Å²) in [6.07, 6.45) is 10.1. The summed E-state index contributed by atoms with van der Waals surface area (Å²) < 4.78 is 13.8. The number of carbonyl (C=O) groups is 4. The second-order valence-corrected chi connectivity index (χ2v) is 15.3. The molecule has 3 amide bonds. The summed E-state index contributed by atoms with van der Waals surface area (Å²) in [5.74, 6) is 0.710.